The Morgan fingerprint density at radius 1 is 1.09 bits per heavy atom. The first kappa shape index (κ1) is 23.1. The molecule has 0 aliphatic carbocycles. The number of urea groups is 1. The van der Waals surface area contributed by atoms with Crippen LogP contribution in [0.3, 0.4) is 0 Å². The zero-order chi connectivity index (χ0) is 24.4. The highest BCUT2D eigenvalue weighted by Crippen LogP contribution is 2.40. The second kappa shape index (κ2) is 9.42. The molecule has 2 heterocycles. The summed E-state index contributed by atoms with van der Waals surface area (Å²) in [4.78, 5) is 36.2. The zero-order valence-corrected chi connectivity index (χ0v) is 19.0. The van der Waals surface area contributed by atoms with E-state index in [9.17, 15) is 14.4 Å². The van der Waals surface area contributed by atoms with Gasteiger partial charge in [0, 0.05) is 6.07 Å². The summed E-state index contributed by atoms with van der Waals surface area (Å²) in [5.74, 6) is -0.427. The molecule has 3 amide bonds. The van der Waals surface area contributed by atoms with Crippen LogP contribution in [0.5, 0.6) is 11.5 Å². The molecule has 2 aromatic carbocycles. The minimum atomic E-state index is -0.863. The highest BCUT2D eigenvalue weighted by atomic mass is 35.5. The summed E-state index contributed by atoms with van der Waals surface area (Å²) in [6.45, 7) is 3.90. The molecule has 9 nitrogen and oxygen atoms in total. The molecule has 3 aromatic rings. The summed E-state index contributed by atoms with van der Waals surface area (Å²) in [5, 5.41) is 7.35. The number of anilines is 1. The number of aromatic nitrogens is 1. The maximum absolute atomic E-state index is 12.3. The van der Waals surface area contributed by atoms with Crippen LogP contribution in [-0.2, 0) is 11.3 Å². The molecule has 0 unspecified atom stereocenters. The van der Waals surface area contributed by atoms with Crippen LogP contribution in [0.2, 0.25) is 10.0 Å². The fourth-order valence-corrected chi connectivity index (χ4v) is 3.73. The number of halogens is 2. The van der Waals surface area contributed by atoms with Gasteiger partial charge in [-0.1, -0.05) is 60.1 Å². The predicted octanol–water partition coefficient (Wildman–Crippen LogP) is 3.88. The van der Waals surface area contributed by atoms with Gasteiger partial charge < -0.3 is 20.4 Å². The molecule has 0 saturated heterocycles. The number of benzene rings is 2. The maximum Gasteiger partial charge on any atom is 0.347 e. The second-order valence-electron chi connectivity index (χ2n) is 7.19. The monoisotopic (exact) mass is 497 g/mol. The van der Waals surface area contributed by atoms with Gasteiger partial charge in [0.05, 0.1) is 34.2 Å². The van der Waals surface area contributed by atoms with Crippen molar-refractivity contribution in [2.45, 2.75) is 6.54 Å². The quantitative estimate of drug-likeness (QED) is 0.536. The van der Waals surface area contributed by atoms with E-state index in [1.807, 2.05) is 30.3 Å². The molecule has 0 atom stereocenters. The predicted molar refractivity (Wildman–Crippen MR) is 130 cm³/mol. The van der Waals surface area contributed by atoms with Crippen molar-refractivity contribution in [2.75, 3.05) is 5.01 Å². The van der Waals surface area contributed by atoms with Crippen LogP contribution in [0, 0.1) is 0 Å². The van der Waals surface area contributed by atoms with E-state index < -0.39 is 11.9 Å². The topological polar surface area (TPSA) is 119 Å². The van der Waals surface area contributed by atoms with E-state index in [4.69, 9.17) is 33.7 Å². The number of carbonyl (C=O) groups excluding carboxylic acids is 2. The van der Waals surface area contributed by atoms with Crippen molar-refractivity contribution in [3.05, 3.63) is 99.0 Å². The third-order valence-electron chi connectivity index (χ3n) is 4.77. The lowest BCUT2D eigenvalue weighted by molar-refractivity contribution is -0.112. The molecule has 172 valence electrons. The number of hydrogen-bond donors (Lipinski definition) is 2. The Labute approximate surface area is 203 Å². The van der Waals surface area contributed by atoms with Gasteiger partial charge in [0.2, 0.25) is 0 Å². The molecule has 4 rings (SSSR count). The Morgan fingerprint density at radius 3 is 2.41 bits per heavy atom. The van der Waals surface area contributed by atoms with Crippen LogP contribution < -0.4 is 26.4 Å². The Kier molecular flexibility index (Phi) is 6.40. The molecular formula is C23H17Cl2N5O4. The average Bonchev–Trinajstić information content (AvgIpc) is 2.78. The maximum atomic E-state index is 12.3. The number of pyridine rings is 1. The molecule has 0 bridgehead atoms. The zero-order valence-electron chi connectivity index (χ0n) is 17.5. The van der Waals surface area contributed by atoms with Crippen LogP contribution in [-0.4, -0.2) is 22.2 Å². The standard InChI is InChI=1S/C23H17Cl2N5O4/c1-13-20(22(26)32)28-30(23(33)27-13)15-9-17(24)21(18(25)10-15)34-16-7-8-19(31)29(12-16)11-14-5-3-2-4-6-14/h2-10,12H,1,11H2,(H2,26,32)(H,27,33). The smallest absolute Gasteiger partial charge is 0.347 e. The summed E-state index contributed by atoms with van der Waals surface area (Å²) in [6, 6.07) is 14.4. The molecule has 0 saturated carbocycles. The van der Waals surface area contributed by atoms with Gasteiger partial charge in [-0.3, -0.25) is 9.59 Å². The lowest BCUT2D eigenvalue weighted by atomic mass is 10.2. The molecule has 0 radical (unpaired) electrons. The van der Waals surface area contributed by atoms with E-state index in [1.54, 1.807) is 6.20 Å². The Morgan fingerprint density at radius 2 is 1.76 bits per heavy atom. The van der Waals surface area contributed by atoms with E-state index in [0.29, 0.717) is 12.3 Å². The first-order chi connectivity index (χ1) is 16.2. The summed E-state index contributed by atoms with van der Waals surface area (Å²) >= 11 is 12.8. The van der Waals surface area contributed by atoms with E-state index in [1.165, 1.54) is 28.8 Å². The number of hydrogen-bond acceptors (Lipinski definition) is 5. The van der Waals surface area contributed by atoms with Gasteiger partial charge in [0.15, 0.2) is 11.5 Å². The van der Waals surface area contributed by atoms with Crippen molar-refractivity contribution in [1.82, 2.24) is 9.88 Å². The molecule has 11 heteroatoms. The van der Waals surface area contributed by atoms with Crippen LogP contribution in [0.4, 0.5) is 10.5 Å². The van der Waals surface area contributed by atoms with Gasteiger partial charge in [-0.05, 0) is 23.8 Å². The largest absolute Gasteiger partial charge is 0.453 e. The van der Waals surface area contributed by atoms with Crippen LogP contribution in [0.25, 0.3) is 0 Å². The number of amides is 3. The number of ether oxygens (including phenoxy) is 1. The van der Waals surface area contributed by atoms with Gasteiger partial charge >= 0.3 is 6.03 Å². The molecule has 34 heavy (non-hydrogen) atoms. The van der Waals surface area contributed by atoms with Crippen molar-refractivity contribution in [3.63, 3.8) is 0 Å². The average molecular weight is 498 g/mol. The first-order valence-electron chi connectivity index (χ1n) is 9.83. The van der Waals surface area contributed by atoms with Gasteiger partial charge in [-0.25, -0.2) is 4.79 Å². The molecule has 3 N–H and O–H groups in total. The van der Waals surface area contributed by atoms with Crippen molar-refractivity contribution < 1.29 is 14.3 Å². The summed E-state index contributed by atoms with van der Waals surface area (Å²) < 4.78 is 7.34. The Balaban J connectivity index is 1.63. The van der Waals surface area contributed by atoms with E-state index >= 15 is 0 Å². The van der Waals surface area contributed by atoms with E-state index in [0.717, 1.165) is 10.6 Å². The third-order valence-corrected chi connectivity index (χ3v) is 5.33. The number of rotatable bonds is 6. The summed E-state index contributed by atoms with van der Waals surface area (Å²) in [7, 11) is 0. The van der Waals surface area contributed by atoms with Gasteiger partial charge in [-0.2, -0.15) is 10.1 Å². The normalized spacial score (nSPS) is 13.4. The Bertz CT molecular complexity index is 1380. The van der Waals surface area contributed by atoms with Crippen molar-refractivity contribution in [3.8, 4) is 11.5 Å². The van der Waals surface area contributed by atoms with Crippen LogP contribution >= 0.6 is 23.2 Å². The number of hydrazone groups is 1. The van der Waals surface area contributed by atoms with Crippen molar-refractivity contribution in [1.29, 1.82) is 0 Å². The van der Waals surface area contributed by atoms with Gasteiger partial charge in [0.1, 0.15) is 5.75 Å². The lowest BCUT2D eigenvalue weighted by Crippen LogP contribution is -2.46. The molecule has 0 spiro atoms. The van der Waals surface area contributed by atoms with Crippen molar-refractivity contribution in [2.24, 2.45) is 10.8 Å². The third kappa shape index (κ3) is 4.80. The first-order valence-corrected chi connectivity index (χ1v) is 10.6. The second-order valence-corrected chi connectivity index (χ2v) is 8.00. The lowest BCUT2D eigenvalue weighted by Gasteiger charge is -2.25. The molecule has 0 fully saturated rings. The Hall–Kier alpha value is -4.08. The number of nitrogens with zero attached hydrogens (tertiary/aromatic N) is 3. The molecule has 1 aliphatic heterocycles. The summed E-state index contributed by atoms with van der Waals surface area (Å²) in [5.41, 5.74) is 5.96. The number of carbonyl (C=O) groups is 2. The van der Waals surface area contributed by atoms with Crippen LogP contribution in [0.1, 0.15) is 5.56 Å². The highest BCUT2D eigenvalue weighted by Gasteiger charge is 2.28. The van der Waals surface area contributed by atoms with Gasteiger partial charge in [0.25, 0.3) is 11.5 Å². The fraction of sp³-hybridized carbons (Fsp3) is 0.0435. The fourth-order valence-electron chi connectivity index (χ4n) is 3.18. The van der Waals surface area contributed by atoms with Crippen LogP contribution in [0.15, 0.2) is 83.0 Å². The number of nitrogens with one attached hydrogen (secondary N) is 1. The minimum Gasteiger partial charge on any atom is -0.453 e. The number of primary amides is 1. The molecule has 1 aliphatic rings. The van der Waals surface area contributed by atoms with Crippen molar-refractivity contribution >= 4 is 46.5 Å². The molecule has 1 aromatic heterocycles. The highest BCUT2D eigenvalue weighted by molar-refractivity contribution is 6.46. The number of nitrogens with two attached hydrogens (primary N) is 1. The minimum absolute atomic E-state index is 0.0171. The van der Waals surface area contributed by atoms with Gasteiger partial charge in [-0.15, -0.1) is 0 Å². The van der Waals surface area contributed by atoms with E-state index in [-0.39, 0.29) is 38.5 Å². The van der Waals surface area contributed by atoms with E-state index in [2.05, 4.69) is 17.0 Å². The SMILES string of the molecule is C=C1NC(=O)N(c2cc(Cl)c(Oc3ccc(=O)n(Cc4ccccc4)c3)c(Cl)c2)N=C1C(N)=O. The molecular weight excluding hydrogens is 481 g/mol. The summed E-state index contributed by atoms with van der Waals surface area (Å²) in [6.07, 6.45) is 1.54.